The van der Waals surface area contributed by atoms with E-state index >= 15 is 0 Å². The average molecular weight is 322 g/mol. The monoisotopic (exact) mass is 322 g/mol. The molecule has 3 rings (SSSR count). The van der Waals surface area contributed by atoms with Gasteiger partial charge < -0.3 is 5.32 Å². The van der Waals surface area contributed by atoms with Gasteiger partial charge in [0.25, 0.3) is 5.91 Å². The van der Waals surface area contributed by atoms with Crippen LogP contribution in [0.25, 0.3) is 10.6 Å². The summed E-state index contributed by atoms with van der Waals surface area (Å²) in [5, 5.41) is 3.17. The minimum Gasteiger partial charge on any atom is -0.349 e. The number of nitrogens with zero attached hydrogens (tertiary/aromatic N) is 1. The third-order valence-corrected chi connectivity index (χ3v) is 5.04. The van der Waals surface area contributed by atoms with Gasteiger partial charge >= 0.3 is 0 Å². The lowest BCUT2D eigenvalue weighted by Gasteiger charge is -2.10. The van der Waals surface area contributed by atoms with Crippen molar-refractivity contribution in [2.75, 3.05) is 0 Å². The van der Waals surface area contributed by atoms with E-state index in [4.69, 9.17) is 0 Å². The summed E-state index contributed by atoms with van der Waals surface area (Å²) in [7, 11) is 0. The summed E-state index contributed by atoms with van der Waals surface area (Å²) in [6, 6.07) is 3.88. The van der Waals surface area contributed by atoms with Gasteiger partial charge in [-0.05, 0) is 31.9 Å². The van der Waals surface area contributed by atoms with Crippen LogP contribution in [0.3, 0.4) is 0 Å². The highest BCUT2D eigenvalue weighted by Crippen LogP contribution is 2.32. The van der Waals surface area contributed by atoms with Crippen LogP contribution in [0.5, 0.6) is 0 Å². The molecule has 116 valence electrons. The zero-order valence-corrected chi connectivity index (χ0v) is 13.0. The predicted octanol–water partition coefficient (Wildman–Crippen LogP) is 4.07. The van der Waals surface area contributed by atoms with Gasteiger partial charge in [-0.25, -0.2) is 13.8 Å². The van der Waals surface area contributed by atoms with Gasteiger partial charge in [-0.1, -0.05) is 18.9 Å². The van der Waals surface area contributed by atoms with E-state index in [1.165, 1.54) is 18.2 Å². The van der Waals surface area contributed by atoms with Gasteiger partial charge in [-0.3, -0.25) is 4.79 Å². The van der Waals surface area contributed by atoms with Crippen LogP contribution < -0.4 is 5.32 Å². The van der Waals surface area contributed by atoms with Crippen molar-refractivity contribution in [1.29, 1.82) is 0 Å². The number of aryl methyl sites for hydroxylation is 1. The van der Waals surface area contributed by atoms with Crippen LogP contribution in [0.1, 0.15) is 41.0 Å². The third kappa shape index (κ3) is 2.88. The maximum Gasteiger partial charge on any atom is 0.263 e. The van der Waals surface area contributed by atoms with E-state index in [9.17, 15) is 13.6 Å². The maximum atomic E-state index is 13.8. The molecule has 1 fully saturated rings. The van der Waals surface area contributed by atoms with Gasteiger partial charge in [0.05, 0.1) is 11.3 Å². The second-order valence-electron chi connectivity index (χ2n) is 5.49. The molecule has 1 heterocycles. The van der Waals surface area contributed by atoms with Crippen molar-refractivity contribution < 1.29 is 13.6 Å². The molecule has 1 saturated carbocycles. The van der Waals surface area contributed by atoms with E-state index < -0.39 is 11.6 Å². The number of carbonyl (C=O) groups is 1. The molecule has 2 aromatic rings. The Morgan fingerprint density at radius 1 is 1.27 bits per heavy atom. The number of nitrogens with one attached hydrogen (secondary N) is 1. The lowest BCUT2D eigenvalue weighted by molar-refractivity contribution is 0.0941. The number of rotatable bonds is 3. The minimum absolute atomic E-state index is 0.171. The van der Waals surface area contributed by atoms with Crippen LogP contribution in [0, 0.1) is 18.6 Å². The Labute approximate surface area is 131 Å². The molecule has 6 heteroatoms. The van der Waals surface area contributed by atoms with Crippen molar-refractivity contribution in [1.82, 2.24) is 10.3 Å². The fraction of sp³-hybridized carbons (Fsp3) is 0.375. The Morgan fingerprint density at radius 3 is 2.55 bits per heavy atom. The van der Waals surface area contributed by atoms with Crippen molar-refractivity contribution in [3.05, 3.63) is 40.4 Å². The number of thiazole rings is 1. The van der Waals surface area contributed by atoms with Gasteiger partial charge in [-0.2, -0.15) is 0 Å². The molecule has 1 aliphatic rings. The minimum atomic E-state index is -0.670. The van der Waals surface area contributed by atoms with Crippen molar-refractivity contribution in [3.8, 4) is 10.6 Å². The van der Waals surface area contributed by atoms with Gasteiger partial charge in [0.2, 0.25) is 0 Å². The highest BCUT2D eigenvalue weighted by Gasteiger charge is 2.23. The fourth-order valence-electron chi connectivity index (χ4n) is 2.74. The standard InChI is InChI=1S/C16H16F2N2OS/c1-9-14(15(21)20-10-5-2-3-6-10)22-16(19-9)13-11(17)7-4-8-12(13)18/h4,7-8,10H,2-3,5-6H2,1H3,(H,20,21). The van der Waals surface area contributed by atoms with E-state index in [1.807, 2.05) is 0 Å². The molecule has 0 spiro atoms. The number of aromatic nitrogens is 1. The van der Waals surface area contributed by atoms with E-state index in [0.29, 0.717) is 10.6 Å². The van der Waals surface area contributed by atoms with Gasteiger partial charge in [-0.15, -0.1) is 11.3 Å². The van der Waals surface area contributed by atoms with Crippen LogP contribution in [0.15, 0.2) is 18.2 Å². The molecule has 1 N–H and O–H groups in total. The molecule has 1 aliphatic carbocycles. The summed E-state index contributed by atoms with van der Waals surface area (Å²) in [5.41, 5.74) is 0.327. The lowest BCUT2D eigenvalue weighted by Crippen LogP contribution is -2.32. The van der Waals surface area contributed by atoms with Crippen molar-refractivity contribution >= 4 is 17.2 Å². The van der Waals surface area contributed by atoms with Crippen LogP contribution in [0.4, 0.5) is 8.78 Å². The fourth-order valence-corrected chi connectivity index (χ4v) is 3.76. The summed E-state index contributed by atoms with van der Waals surface area (Å²) >= 11 is 1.03. The molecule has 1 amide bonds. The maximum absolute atomic E-state index is 13.8. The molecule has 0 saturated heterocycles. The summed E-state index contributed by atoms with van der Waals surface area (Å²) in [5.74, 6) is -1.54. The van der Waals surface area contributed by atoms with Gasteiger partial charge in [0.15, 0.2) is 0 Å². The first kappa shape index (κ1) is 15.1. The Morgan fingerprint density at radius 2 is 1.91 bits per heavy atom. The molecule has 0 aliphatic heterocycles. The summed E-state index contributed by atoms with van der Waals surface area (Å²) in [6.45, 7) is 1.68. The summed E-state index contributed by atoms with van der Waals surface area (Å²) in [4.78, 5) is 16.9. The smallest absolute Gasteiger partial charge is 0.263 e. The van der Waals surface area contributed by atoms with Crippen LogP contribution in [-0.2, 0) is 0 Å². The largest absolute Gasteiger partial charge is 0.349 e. The normalized spacial score (nSPS) is 15.2. The van der Waals surface area contributed by atoms with Gasteiger partial charge in [0.1, 0.15) is 21.5 Å². The molecular weight excluding hydrogens is 306 g/mol. The SMILES string of the molecule is Cc1nc(-c2c(F)cccc2F)sc1C(=O)NC1CCCC1. The molecule has 0 bridgehead atoms. The quantitative estimate of drug-likeness (QED) is 0.925. The second kappa shape index (κ2) is 6.12. The molecule has 0 unspecified atom stereocenters. The lowest BCUT2D eigenvalue weighted by atomic mass is 10.2. The highest BCUT2D eigenvalue weighted by atomic mass is 32.1. The highest BCUT2D eigenvalue weighted by molar-refractivity contribution is 7.17. The zero-order valence-electron chi connectivity index (χ0n) is 12.2. The molecule has 1 aromatic carbocycles. The number of hydrogen-bond acceptors (Lipinski definition) is 3. The van der Waals surface area contributed by atoms with Gasteiger partial charge in [0, 0.05) is 6.04 Å². The van der Waals surface area contributed by atoms with Crippen LogP contribution >= 0.6 is 11.3 Å². The van der Waals surface area contributed by atoms with Crippen molar-refractivity contribution in [2.45, 2.75) is 38.6 Å². The molecule has 3 nitrogen and oxygen atoms in total. The molecular formula is C16H16F2N2OS. The average Bonchev–Trinajstić information content (AvgIpc) is 3.08. The topological polar surface area (TPSA) is 42.0 Å². The van der Waals surface area contributed by atoms with Crippen molar-refractivity contribution in [2.24, 2.45) is 0 Å². The number of benzene rings is 1. The summed E-state index contributed by atoms with van der Waals surface area (Å²) in [6.07, 6.45) is 4.22. The molecule has 1 aromatic heterocycles. The second-order valence-corrected chi connectivity index (χ2v) is 6.48. The first-order valence-corrected chi connectivity index (χ1v) is 8.10. The van der Waals surface area contributed by atoms with Crippen LogP contribution in [-0.4, -0.2) is 16.9 Å². The number of carbonyl (C=O) groups excluding carboxylic acids is 1. The Hall–Kier alpha value is -1.82. The molecule has 0 radical (unpaired) electrons. The number of amides is 1. The Bertz CT molecular complexity index is 688. The van der Waals surface area contributed by atoms with E-state index in [-0.39, 0.29) is 22.5 Å². The van der Waals surface area contributed by atoms with E-state index in [2.05, 4.69) is 10.3 Å². The Balaban J connectivity index is 1.89. The van der Waals surface area contributed by atoms with Crippen LogP contribution in [0.2, 0.25) is 0 Å². The van der Waals surface area contributed by atoms with E-state index in [0.717, 1.165) is 37.0 Å². The first-order valence-electron chi connectivity index (χ1n) is 7.29. The molecule has 22 heavy (non-hydrogen) atoms. The number of halogens is 2. The third-order valence-electron chi connectivity index (χ3n) is 3.87. The summed E-state index contributed by atoms with van der Waals surface area (Å²) < 4.78 is 27.7. The molecule has 0 atom stereocenters. The predicted molar refractivity (Wildman–Crippen MR) is 81.9 cm³/mol. The Kier molecular flexibility index (Phi) is 4.20. The zero-order chi connectivity index (χ0) is 15.7. The number of hydrogen-bond donors (Lipinski definition) is 1. The van der Waals surface area contributed by atoms with E-state index in [1.54, 1.807) is 6.92 Å². The van der Waals surface area contributed by atoms with Crippen molar-refractivity contribution in [3.63, 3.8) is 0 Å². The first-order chi connectivity index (χ1) is 10.6.